The third kappa shape index (κ3) is 6.02. The molecule has 0 aliphatic carbocycles. The molecule has 0 aromatic heterocycles. The van der Waals surface area contributed by atoms with Crippen molar-refractivity contribution in [2.45, 2.75) is 32.6 Å². The fourth-order valence-electron chi connectivity index (χ4n) is 3.25. The van der Waals surface area contributed by atoms with Crippen LogP contribution < -0.4 is 14.5 Å². The molecule has 178 valence electrons. The Kier molecular flexibility index (Phi) is 8.07. The van der Waals surface area contributed by atoms with Gasteiger partial charge >= 0.3 is 0 Å². The van der Waals surface area contributed by atoms with Crippen LogP contribution in [0.2, 0.25) is 0 Å². The van der Waals surface area contributed by atoms with Crippen molar-refractivity contribution >= 4 is 27.3 Å². The van der Waals surface area contributed by atoms with Crippen molar-refractivity contribution < 1.29 is 17.9 Å². The van der Waals surface area contributed by atoms with Crippen LogP contribution in [0.15, 0.2) is 82.8 Å². The van der Waals surface area contributed by atoms with Crippen LogP contribution in [-0.2, 0) is 14.8 Å². The number of amides is 1. The van der Waals surface area contributed by atoms with Gasteiger partial charge in [0.1, 0.15) is 12.3 Å². The van der Waals surface area contributed by atoms with Crippen molar-refractivity contribution in [1.82, 2.24) is 5.43 Å². The maximum atomic E-state index is 13.4. The number of sulfonamides is 1. The number of nitrogens with zero attached hydrogens (tertiary/aromatic N) is 2. The van der Waals surface area contributed by atoms with Crippen molar-refractivity contribution in [3.8, 4) is 5.75 Å². The monoisotopic (exact) mass is 479 g/mol. The van der Waals surface area contributed by atoms with Crippen LogP contribution in [0, 0.1) is 13.8 Å². The number of carbonyl (C=O) groups is 1. The molecule has 3 rings (SSSR count). The molecule has 1 amide bonds. The predicted molar refractivity (Wildman–Crippen MR) is 135 cm³/mol. The number of rotatable bonds is 9. The first kappa shape index (κ1) is 25.0. The van der Waals surface area contributed by atoms with E-state index in [2.05, 4.69) is 10.5 Å². The summed E-state index contributed by atoms with van der Waals surface area (Å²) in [6.45, 7) is 7.68. The standard InChI is InChI=1S/C26H29N3O4S/c1-5-33-24-15-12-22(13-16-24)21(4)27-28-26(30)18-29(23-14-11-19(2)20(3)17-23)34(31,32)25-9-7-6-8-10-25/h6-17H,5,18H2,1-4H3,(H,28,30)/b27-21+. The van der Waals surface area contributed by atoms with Gasteiger partial charge in [0.05, 0.1) is 22.9 Å². The molecular weight excluding hydrogens is 450 g/mol. The van der Waals surface area contributed by atoms with Crippen LogP contribution in [0.4, 0.5) is 5.69 Å². The van der Waals surface area contributed by atoms with E-state index in [4.69, 9.17) is 4.74 Å². The maximum absolute atomic E-state index is 13.4. The van der Waals surface area contributed by atoms with Gasteiger partial charge in [0.25, 0.3) is 15.9 Å². The summed E-state index contributed by atoms with van der Waals surface area (Å²) in [6.07, 6.45) is 0. The molecule has 1 N–H and O–H groups in total. The second kappa shape index (κ2) is 11.0. The number of hydrogen-bond donors (Lipinski definition) is 1. The molecule has 0 unspecified atom stereocenters. The average molecular weight is 480 g/mol. The van der Waals surface area contributed by atoms with E-state index in [0.717, 1.165) is 26.7 Å². The van der Waals surface area contributed by atoms with E-state index < -0.39 is 22.5 Å². The minimum Gasteiger partial charge on any atom is -0.494 e. The minimum atomic E-state index is -3.97. The van der Waals surface area contributed by atoms with Crippen LogP contribution in [0.1, 0.15) is 30.5 Å². The summed E-state index contributed by atoms with van der Waals surface area (Å²) in [7, 11) is -3.97. The first-order chi connectivity index (χ1) is 16.2. The lowest BCUT2D eigenvalue weighted by Crippen LogP contribution is -2.39. The van der Waals surface area contributed by atoms with E-state index in [-0.39, 0.29) is 4.90 Å². The van der Waals surface area contributed by atoms with Gasteiger partial charge in [-0.15, -0.1) is 0 Å². The summed E-state index contributed by atoms with van der Waals surface area (Å²) >= 11 is 0. The molecule has 0 radical (unpaired) electrons. The Morgan fingerprint density at radius 2 is 1.65 bits per heavy atom. The van der Waals surface area contributed by atoms with E-state index in [1.54, 1.807) is 37.3 Å². The normalized spacial score (nSPS) is 11.7. The van der Waals surface area contributed by atoms with E-state index in [9.17, 15) is 13.2 Å². The number of hydrogen-bond acceptors (Lipinski definition) is 5. The summed E-state index contributed by atoms with van der Waals surface area (Å²) in [5.74, 6) is 0.196. The highest BCUT2D eigenvalue weighted by Gasteiger charge is 2.27. The zero-order valence-electron chi connectivity index (χ0n) is 19.8. The number of benzene rings is 3. The van der Waals surface area contributed by atoms with Gasteiger partial charge in [-0.2, -0.15) is 5.10 Å². The Balaban J connectivity index is 1.83. The zero-order valence-corrected chi connectivity index (χ0v) is 20.6. The average Bonchev–Trinajstić information content (AvgIpc) is 2.84. The molecule has 0 bridgehead atoms. The van der Waals surface area contributed by atoms with Crippen molar-refractivity contribution in [2.24, 2.45) is 5.10 Å². The quantitative estimate of drug-likeness (QED) is 0.363. The number of hydrazone groups is 1. The molecule has 7 nitrogen and oxygen atoms in total. The van der Waals surface area contributed by atoms with Gasteiger partial charge in [-0.1, -0.05) is 24.3 Å². The first-order valence-electron chi connectivity index (χ1n) is 10.9. The third-order valence-electron chi connectivity index (χ3n) is 5.33. The Morgan fingerprint density at radius 3 is 2.26 bits per heavy atom. The summed E-state index contributed by atoms with van der Waals surface area (Å²) in [5.41, 5.74) is 6.24. The molecule has 0 heterocycles. The van der Waals surface area contributed by atoms with Gasteiger partial charge in [-0.3, -0.25) is 9.10 Å². The van der Waals surface area contributed by atoms with E-state index in [0.29, 0.717) is 18.0 Å². The van der Waals surface area contributed by atoms with Crippen molar-refractivity contribution in [2.75, 3.05) is 17.5 Å². The number of carbonyl (C=O) groups excluding carboxylic acids is 1. The van der Waals surface area contributed by atoms with Gasteiger partial charge in [-0.25, -0.2) is 13.8 Å². The second-order valence-electron chi connectivity index (χ2n) is 7.78. The van der Waals surface area contributed by atoms with Crippen LogP contribution in [0.3, 0.4) is 0 Å². The summed E-state index contributed by atoms with van der Waals surface area (Å²) in [4.78, 5) is 12.9. The highest BCUT2D eigenvalue weighted by Crippen LogP contribution is 2.25. The van der Waals surface area contributed by atoms with Crippen molar-refractivity contribution in [3.63, 3.8) is 0 Å². The van der Waals surface area contributed by atoms with Gasteiger partial charge < -0.3 is 4.74 Å². The Labute approximate surface area is 201 Å². The molecule has 0 saturated carbocycles. The number of aryl methyl sites for hydroxylation is 2. The molecule has 0 atom stereocenters. The Morgan fingerprint density at radius 1 is 0.971 bits per heavy atom. The van der Waals surface area contributed by atoms with E-state index in [1.807, 2.05) is 51.1 Å². The molecule has 0 aliphatic rings. The van der Waals surface area contributed by atoms with Gasteiger partial charge in [-0.05, 0) is 92.9 Å². The van der Waals surface area contributed by atoms with Crippen LogP contribution in [0.5, 0.6) is 5.75 Å². The fourth-order valence-corrected chi connectivity index (χ4v) is 4.68. The van der Waals surface area contributed by atoms with Crippen LogP contribution in [0.25, 0.3) is 0 Å². The molecule has 3 aromatic rings. The Bertz CT molecular complexity index is 1270. The fraction of sp³-hybridized carbons (Fsp3) is 0.231. The highest BCUT2D eigenvalue weighted by atomic mass is 32.2. The summed E-state index contributed by atoms with van der Waals surface area (Å²) < 4.78 is 33.4. The maximum Gasteiger partial charge on any atom is 0.264 e. The molecule has 34 heavy (non-hydrogen) atoms. The molecule has 0 saturated heterocycles. The number of anilines is 1. The van der Waals surface area contributed by atoms with Crippen LogP contribution in [-0.4, -0.2) is 33.2 Å². The highest BCUT2D eigenvalue weighted by molar-refractivity contribution is 7.92. The van der Waals surface area contributed by atoms with E-state index >= 15 is 0 Å². The Hall–Kier alpha value is -3.65. The molecule has 0 aliphatic heterocycles. The SMILES string of the molecule is CCOc1ccc(/C(C)=N/NC(=O)CN(c2ccc(C)c(C)c2)S(=O)(=O)c2ccccc2)cc1. The molecule has 0 fully saturated rings. The third-order valence-corrected chi connectivity index (χ3v) is 7.12. The molecule has 8 heteroatoms. The summed E-state index contributed by atoms with van der Waals surface area (Å²) in [5, 5.41) is 4.16. The predicted octanol–water partition coefficient (Wildman–Crippen LogP) is 4.44. The number of nitrogens with one attached hydrogen (secondary N) is 1. The van der Waals surface area contributed by atoms with Crippen LogP contribution >= 0.6 is 0 Å². The topological polar surface area (TPSA) is 88.1 Å². The van der Waals surface area contributed by atoms with Gasteiger partial charge in [0.2, 0.25) is 0 Å². The zero-order chi connectivity index (χ0) is 24.7. The van der Waals surface area contributed by atoms with Crippen molar-refractivity contribution in [1.29, 1.82) is 0 Å². The number of ether oxygens (including phenoxy) is 1. The largest absolute Gasteiger partial charge is 0.494 e. The lowest BCUT2D eigenvalue weighted by Gasteiger charge is -2.24. The first-order valence-corrected chi connectivity index (χ1v) is 12.4. The summed E-state index contributed by atoms with van der Waals surface area (Å²) in [6, 6.07) is 20.7. The smallest absolute Gasteiger partial charge is 0.264 e. The second-order valence-corrected chi connectivity index (χ2v) is 9.65. The minimum absolute atomic E-state index is 0.107. The molecular formula is C26H29N3O4S. The lowest BCUT2D eigenvalue weighted by molar-refractivity contribution is -0.119. The molecule has 3 aromatic carbocycles. The molecule has 0 spiro atoms. The van der Waals surface area contributed by atoms with Gasteiger partial charge in [0, 0.05) is 0 Å². The van der Waals surface area contributed by atoms with Crippen molar-refractivity contribution in [3.05, 3.63) is 89.5 Å². The lowest BCUT2D eigenvalue weighted by atomic mass is 10.1. The van der Waals surface area contributed by atoms with Gasteiger partial charge in [0.15, 0.2) is 0 Å². The van der Waals surface area contributed by atoms with E-state index in [1.165, 1.54) is 12.1 Å².